The van der Waals surface area contributed by atoms with Crippen LogP contribution in [-0.2, 0) is 6.42 Å². The molecule has 1 heterocycles. The molecule has 88 valence electrons. The third-order valence-electron chi connectivity index (χ3n) is 3.40. The molecule has 4 nitrogen and oxygen atoms in total. The number of aryl methyl sites for hydroxylation is 1. The Morgan fingerprint density at radius 1 is 1.47 bits per heavy atom. The van der Waals surface area contributed by atoms with E-state index in [9.17, 15) is 5.11 Å². The van der Waals surface area contributed by atoms with E-state index < -0.39 is 0 Å². The summed E-state index contributed by atoms with van der Waals surface area (Å²) in [5.41, 5.74) is 9.65. The predicted molar refractivity (Wildman–Crippen MR) is 66.8 cm³/mol. The van der Waals surface area contributed by atoms with Crippen LogP contribution in [0.4, 0.5) is 5.69 Å². The number of hydrogen-bond acceptors (Lipinski definition) is 3. The number of nitrogens with one attached hydrogen (secondary N) is 1. The van der Waals surface area contributed by atoms with E-state index in [0.29, 0.717) is 11.6 Å². The van der Waals surface area contributed by atoms with Gasteiger partial charge in [-0.1, -0.05) is 6.92 Å². The molecule has 1 aliphatic rings. The summed E-state index contributed by atoms with van der Waals surface area (Å²) in [7, 11) is 0. The molecule has 0 aliphatic heterocycles. The van der Waals surface area contributed by atoms with Crippen LogP contribution < -0.4 is 5.73 Å². The highest BCUT2D eigenvalue weighted by Crippen LogP contribution is 2.35. The second-order valence-electron chi connectivity index (χ2n) is 4.66. The molecule has 0 saturated heterocycles. The van der Waals surface area contributed by atoms with Crippen molar-refractivity contribution in [1.29, 1.82) is 0 Å². The molecule has 1 unspecified atom stereocenters. The Kier molecular flexibility index (Phi) is 2.11. The number of aromatic hydroxyl groups is 1. The fourth-order valence-corrected chi connectivity index (χ4v) is 2.40. The average Bonchev–Trinajstić information content (AvgIpc) is 2.85. The zero-order valence-corrected chi connectivity index (χ0v) is 9.70. The van der Waals surface area contributed by atoms with Gasteiger partial charge in [-0.25, -0.2) is 4.98 Å². The van der Waals surface area contributed by atoms with Crippen molar-refractivity contribution in [1.82, 2.24) is 9.97 Å². The summed E-state index contributed by atoms with van der Waals surface area (Å²) in [6.07, 6.45) is 2.20. The molecular weight excluding hydrogens is 214 g/mol. The lowest BCUT2D eigenvalue weighted by Crippen LogP contribution is -1.93. The number of rotatable bonds is 1. The molecular formula is C13H15N3O. The van der Waals surface area contributed by atoms with Crippen LogP contribution in [0.2, 0.25) is 0 Å². The second kappa shape index (κ2) is 3.52. The predicted octanol–water partition coefficient (Wildman–Crippen LogP) is 2.41. The first kappa shape index (κ1) is 10.2. The number of phenolic OH excluding ortho intramolecular Hbond substituents is 1. The quantitative estimate of drug-likeness (QED) is 0.519. The van der Waals surface area contributed by atoms with Crippen LogP contribution in [0.3, 0.4) is 0 Å². The lowest BCUT2D eigenvalue weighted by Gasteiger charge is -2.04. The molecule has 1 atom stereocenters. The molecule has 17 heavy (non-hydrogen) atoms. The van der Waals surface area contributed by atoms with Gasteiger partial charge >= 0.3 is 0 Å². The Balaban J connectivity index is 2.10. The van der Waals surface area contributed by atoms with E-state index in [2.05, 4.69) is 16.9 Å². The molecule has 2 aromatic rings. The number of anilines is 1. The number of fused-ring (bicyclic) bond motifs is 1. The molecule has 0 amide bonds. The van der Waals surface area contributed by atoms with Crippen molar-refractivity contribution in [3.05, 3.63) is 29.6 Å². The van der Waals surface area contributed by atoms with Crippen molar-refractivity contribution in [2.24, 2.45) is 0 Å². The van der Waals surface area contributed by atoms with Gasteiger partial charge in [0.15, 0.2) is 0 Å². The summed E-state index contributed by atoms with van der Waals surface area (Å²) in [5, 5.41) is 9.50. The zero-order valence-electron chi connectivity index (χ0n) is 9.70. The lowest BCUT2D eigenvalue weighted by atomic mass is 10.1. The van der Waals surface area contributed by atoms with Crippen LogP contribution >= 0.6 is 0 Å². The van der Waals surface area contributed by atoms with Gasteiger partial charge in [-0.2, -0.15) is 0 Å². The smallest absolute Gasteiger partial charge is 0.140 e. The van der Waals surface area contributed by atoms with E-state index in [1.807, 2.05) is 0 Å². The minimum Gasteiger partial charge on any atom is -0.508 e. The average molecular weight is 229 g/mol. The maximum Gasteiger partial charge on any atom is 0.140 e. The van der Waals surface area contributed by atoms with Crippen LogP contribution in [-0.4, -0.2) is 15.1 Å². The van der Waals surface area contributed by atoms with Crippen LogP contribution in [0.1, 0.15) is 30.7 Å². The molecule has 0 bridgehead atoms. The van der Waals surface area contributed by atoms with Crippen LogP contribution in [0.5, 0.6) is 5.75 Å². The number of aromatic amines is 1. The monoisotopic (exact) mass is 229 g/mol. The second-order valence-corrected chi connectivity index (χ2v) is 4.66. The van der Waals surface area contributed by atoms with E-state index in [1.165, 1.54) is 5.69 Å². The SMILES string of the molecule is CC1CCc2[nH]c(-c3cc(O)ccc3N)nc21. The summed E-state index contributed by atoms with van der Waals surface area (Å²) in [4.78, 5) is 7.90. The maximum absolute atomic E-state index is 9.50. The van der Waals surface area contributed by atoms with Crippen molar-refractivity contribution >= 4 is 5.69 Å². The summed E-state index contributed by atoms with van der Waals surface area (Å²) in [5.74, 6) is 1.47. The van der Waals surface area contributed by atoms with Crippen LogP contribution in [0.25, 0.3) is 11.4 Å². The Hall–Kier alpha value is -1.97. The number of phenols is 1. The molecule has 3 rings (SSSR count). The Morgan fingerprint density at radius 3 is 3.06 bits per heavy atom. The van der Waals surface area contributed by atoms with Crippen molar-refractivity contribution in [2.45, 2.75) is 25.7 Å². The highest BCUT2D eigenvalue weighted by molar-refractivity contribution is 5.73. The van der Waals surface area contributed by atoms with Gasteiger partial charge in [0.1, 0.15) is 11.6 Å². The normalized spacial score (nSPS) is 18.3. The van der Waals surface area contributed by atoms with Crippen LogP contribution in [0.15, 0.2) is 18.2 Å². The minimum atomic E-state index is 0.207. The summed E-state index contributed by atoms with van der Waals surface area (Å²) in [6, 6.07) is 4.92. The number of benzene rings is 1. The Morgan fingerprint density at radius 2 is 2.29 bits per heavy atom. The summed E-state index contributed by atoms with van der Waals surface area (Å²) < 4.78 is 0. The standard InChI is InChI=1S/C13H15N3O/c1-7-2-5-11-12(7)16-13(15-11)9-6-8(17)3-4-10(9)14/h3-4,6-7,17H,2,5,14H2,1H3,(H,15,16). The van der Waals surface area contributed by atoms with Crippen molar-refractivity contribution in [2.75, 3.05) is 5.73 Å². The maximum atomic E-state index is 9.50. The van der Waals surface area contributed by atoms with Gasteiger partial charge < -0.3 is 15.8 Å². The molecule has 0 fully saturated rings. The Labute approximate surface area is 99.5 Å². The number of nitrogens with zero attached hydrogens (tertiary/aromatic N) is 1. The van der Waals surface area contributed by atoms with Gasteiger partial charge in [0.05, 0.1) is 5.69 Å². The summed E-state index contributed by atoms with van der Waals surface area (Å²) >= 11 is 0. The van der Waals surface area contributed by atoms with E-state index in [-0.39, 0.29) is 5.75 Å². The molecule has 1 aliphatic carbocycles. The van der Waals surface area contributed by atoms with E-state index in [4.69, 9.17) is 5.73 Å². The van der Waals surface area contributed by atoms with Gasteiger partial charge in [0.25, 0.3) is 0 Å². The number of H-pyrrole nitrogens is 1. The third kappa shape index (κ3) is 1.56. The van der Waals surface area contributed by atoms with Crippen molar-refractivity contribution < 1.29 is 5.11 Å². The molecule has 1 aromatic heterocycles. The van der Waals surface area contributed by atoms with E-state index in [1.54, 1.807) is 18.2 Å². The van der Waals surface area contributed by atoms with Crippen molar-refractivity contribution in [3.8, 4) is 17.1 Å². The number of nitrogen functional groups attached to an aromatic ring is 1. The molecule has 0 radical (unpaired) electrons. The third-order valence-corrected chi connectivity index (χ3v) is 3.40. The minimum absolute atomic E-state index is 0.207. The molecule has 4 heteroatoms. The first-order valence-electron chi connectivity index (χ1n) is 5.83. The fourth-order valence-electron chi connectivity index (χ4n) is 2.40. The van der Waals surface area contributed by atoms with Gasteiger partial charge in [0, 0.05) is 22.9 Å². The highest BCUT2D eigenvalue weighted by Gasteiger charge is 2.23. The van der Waals surface area contributed by atoms with Gasteiger partial charge in [-0.15, -0.1) is 0 Å². The van der Waals surface area contributed by atoms with Crippen molar-refractivity contribution in [3.63, 3.8) is 0 Å². The zero-order chi connectivity index (χ0) is 12.0. The topological polar surface area (TPSA) is 74.9 Å². The van der Waals surface area contributed by atoms with E-state index >= 15 is 0 Å². The Bertz CT molecular complexity index is 574. The first-order valence-corrected chi connectivity index (χ1v) is 5.83. The van der Waals surface area contributed by atoms with Gasteiger partial charge in [-0.05, 0) is 31.0 Å². The number of hydrogen-bond donors (Lipinski definition) is 3. The number of nitrogens with two attached hydrogens (primary N) is 1. The number of aromatic nitrogens is 2. The number of imidazole rings is 1. The molecule has 0 saturated carbocycles. The lowest BCUT2D eigenvalue weighted by molar-refractivity contribution is 0.475. The summed E-state index contributed by atoms with van der Waals surface area (Å²) in [6.45, 7) is 2.18. The molecule has 4 N–H and O–H groups in total. The highest BCUT2D eigenvalue weighted by atomic mass is 16.3. The van der Waals surface area contributed by atoms with E-state index in [0.717, 1.165) is 29.9 Å². The fraction of sp³-hybridized carbons (Fsp3) is 0.308. The first-order chi connectivity index (χ1) is 8.15. The van der Waals surface area contributed by atoms with Gasteiger partial charge in [-0.3, -0.25) is 0 Å². The molecule has 0 spiro atoms. The van der Waals surface area contributed by atoms with Gasteiger partial charge in [0.2, 0.25) is 0 Å². The largest absolute Gasteiger partial charge is 0.508 e. The molecule has 1 aromatic carbocycles. The van der Waals surface area contributed by atoms with Crippen LogP contribution in [0, 0.1) is 0 Å².